The zero-order valence-electron chi connectivity index (χ0n) is 18.5. The lowest BCUT2D eigenvalue weighted by atomic mass is 10.1. The first-order chi connectivity index (χ1) is 15.6. The molecule has 0 aliphatic rings. The van der Waals surface area contributed by atoms with Gasteiger partial charge in [-0.25, -0.2) is 23.4 Å². The highest BCUT2D eigenvalue weighted by Crippen LogP contribution is 2.29. The van der Waals surface area contributed by atoms with Gasteiger partial charge in [0.2, 0.25) is 5.54 Å². The van der Waals surface area contributed by atoms with E-state index in [9.17, 15) is 18.9 Å². The third kappa shape index (κ3) is 4.26. The molecular weight excluding hydrogens is 434 g/mol. The summed E-state index contributed by atoms with van der Waals surface area (Å²) in [6.07, 6.45) is 3.26. The first-order valence-electron chi connectivity index (χ1n) is 10.2. The van der Waals surface area contributed by atoms with Gasteiger partial charge in [-0.1, -0.05) is 6.07 Å². The van der Waals surface area contributed by atoms with Crippen LogP contribution in [-0.4, -0.2) is 34.6 Å². The van der Waals surface area contributed by atoms with Gasteiger partial charge >= 0.3 is 0 Å². The molecule has 3 heterocycles. The van der Waals surface area contributed by atoms with Crippen molar-refractivity contribution in [3.8, 4) is 17.3 Å². The molecule has 0 amide bonds. The molecule has 9 nitrogen and oxygen atoms in total. The number of pyridine rings is 1. The Bertz CT molecular complexity index is 1340. The standard InChI is InChI=1S/C22H22F2N6O3/c1-13-8-18(33-10-15-16(23)6-5-7-17(15)24)21-26-14(2)19(29(21)9-13)20-25-12-28(27-20)11-22(3,4)30(31)32/h5-9,12H,10-11H2,1-4H3. The molecule has 0 bridgehead atoms. The second-order valence-corrected chi connectivity index (χ2v) is 8.45. The molecule has 4 aromatic rings. The smallest absolute Gasteiger partial charge is 0.236 e. The summed E-state index contributed by atoms with van der Waals surface area (Å²) < 4.78 is 36.9. The third-order valence-corrected chi connectivity index (χ3v) is 5.22. The van der Waals surface area contributed by atoms with Crippen molar-refractivity contribution in [2.45, 2.75) is 46.4 Å². The van der Waals surface area contributed by atoms with E-state index in [4.69, 9.17) is 4.74 Å². The molecule has 0 saturated carbocycles. The molecule has 3 aromatic heterocycles. The number of aromatic nitrogens is 5. The lowest BCUT2D eigenvalue weighted by Gasteiger charge is -2.14. The maximum Gasteiger partial charge on any atom is 0.236 e. The molecule has 0 N–H and O–H groups in total. The summed E-state index contributed by atoms with van der Waals surface area (Å²) >= 11 is 0. The van der Waals surface area contributed by atoms with E-state index in [1.54, 1.807) is 17.4 Å². The first-order valence-corrected chi connectivity index (χ1v) is 10.2. The SMILES string of the molecule is Cc1cc(OCc2c(F)cccc2F)c2nc(C)c(-c3ncn(CC(C)(C)[N+](=O)[O-])n3)n2c1. The number of nitrogens with zero attached hydrogens (tertiary/aromatic N) is 6. The number of fused-ring (bicyclic) bond motifs is 1. The number of hydrogen-bond acceptors (Lipinski definition) is 6. The van der Waals surface area contributed by atoms with Crippen LogP contribution in [0.5, 0.6) is 5.75 Å². The number of rotatable bonds is 7. The lowest BCUT2D eigenvalue weighted by molar-refractivity contribution is -0.563. The summed E-state index contributed by atoms with van der Waals surface area (Å²) in [5.74, 6) is -0.686. The Morgan fingerprint density at radius 3 is 2.58 bits per heavy atom. The molecule has 0 spiro atoms. The van der Waals surface area contributed by atoms with E-state index in [1.165, 1.54) is 43.1 Å². The Morgan fingerprint density at radius 2 is 1.91 bits per heavy atom. The average molecular weight is 456 g/mol. The van der Waals surface area contributed by atoms with E-state index < -0.39 is 17.2 Å². The van der Waals surface area contributed by atoms with Crippen molar-refractivity contribution in [1.82, 2.24) is 24.1 Å². The minimum Gasteiger partial charge on any atom is -0.485 e. The van der Waals surface area contributed by atoms with Crippen molar-refractivity contribution in [2.24, 2.45) is 0 Å². The van der Waals surface area contributed by atoms with Crippen molar-refractivity contribution in [3.05, 3.63) is 75.4 Å². The van der Waals surface area contributed by atoms with E-state index in [1.807, 2.05) is 13.1 Å². The van der Waals surface area contributed by atoms with Gasteiger partial charge in [0.25, 0.3) is 0 Å². The molecule has 0 aliphatic carbocycles. The molecule has 1 aromatic carbocycles. The Hall–Kier alpha value is -3.89. The van der Waals surface area contributed by atoms with Crippen LogP contribution in [0, 0.1) is 35.6 Å². The zero-order chi connectivity index (χ0) is 23.9. The first kappa shape index (κ1) is 22.3. The van der Waals surface area contributed by atoms with Crippen molar-refractivity contribution >= 4 is 5.65 Å². The minimum absolute atomic E-state index is 0.0460. The van der Waals surface area contributed by atoms with Crippen LogP contribution in [0.25, 0.3) is 17.2 Å². The van der Waals surface area contributed by atoms with E-state index in [0.29, 0.717) is 28.6 Å². The van der Waals surface area contributed by atoms with Crippen LogP contribution in [0.2, 0.25) is 0 Å². The van der Waals surface area contributed by atoms with Gasteiger partial charge in [0.15, 0.2) is 17.2 Å². The highest BCUT2D eigenvalue weighted by Gasteiger charge is 2.32. The lowest BCUT2D eigenvalue weighted by Crippen LogP contribution is -2.36. The molecular formula is C22H22F2N6O3. The van der Waals surface area contributed by atoms with Crippen molar-refractivity contribution in [3.63, 3.8) is 0 Å². The molecule has 0 fully saturated rings. The van der Waals surface area contributed by atoms with Crippen molar-refractivity contribution in [2.75, 3.05) is 0 Å². The largest absolute Gasteiger partial charge is 0.485 e. The number of nitro groups is 1. The summed E-state index contributed by atoms with van der Waals surface area (Å²) in [7, 11) is 0. The van der Waals surface area contributed by atoms with Crippen LogP contribution in [0.3, 0.4) is 0 Å². The van der Waals surface area contributed by atoms with E-state index >= 15 is 0 Å². The fourth-order valence-corrected chi connectivity index (χ4v) is 3.49. The van der Waals surface area contributed by atoms with E-state index in [0.717, 1.165) is 5.56 Å². The molecule has 0 radical (unpaired) electrons. The van der Waals surface area contributed by atoms with Crippen molar-refractivity contribution < 1.29 is 18.4 Å². The van der Waals surface area contributed by atoms with E-state index in [-0.39, 0.29) is 23.6 Å². The zero-order valence-corrected chi connectivity index (χ0v) is 18.5. The highest BCUT2D eigenvalue weighted by atomic mass is 19.1. The second-order valence-electron chi connectivity index (χ2n) is 8.45. The maximum atomic E-state index is 14.0. The Morgan fingerprint density at radius 1 is 1.21 bits per heavy atom. The normalized spacial score (nSPS) is 11.8. The fourth-order valence-electron chi connectivity index (χ4n) is 3.49. The van der Waals surface area contributed by atoms with Gasteiger partial charge in [-0.15, -0.1) is 5.10 Å². The molecule has 172 valence electrons. The van der Waals surface area contributed by atoms with Gasteiger partial charge in [-0.05, 0) is 37.6 Å². The second kappa shape index (κ2) is 8.23. The summed E-state index contributed by atoms with van der Waals surface area (Å²) in [4.78, 5) is 19.7. The fraction of sp³-hybridized carbons (Fsp3) is 0.318. The van der Waals surface area contributed by atoms with Crippen molar-refractivity contribution in [1.29, 1.82) is 0 Å². The van der Waals surface area contributed by atoms with Crippen LogP contribution in [-0.2, 0) is 13.2 Å². The summed E-state index contributed by atoms with van der Waals surface area (Å²) in [5.41, 5.74) is 1.07. The molecule has 0 unspecified atom stereocenters. The molecule has 4 rings (SSSR count). The monoisotopic (exact) mass is 456 g/mol. The van der Waals surface area contributed by atoms with Gasteiger partial charge in [-0.3, -0.25) is 14.5 Å². The molecule has 33 heavy (non-hydrogen) atoms. The minimum atomic E-state index is -1.21. The predicted molar refractivity (Wildman–Crippen MR) is 115 cm³/mol. The summed E-state index contributed by atoms with van der Waals surface area (Å²) in [5, 5.41) is 15.6. The molecule has 0 aliphatic heterocycles. The number of ether oxygens (including phenoxy) is 1. The highest BCUT2D eigenvalue weighted by molar-refractivity contribution is 5.66. The maximum absolute atomic E-state index is 14.0. The Labute approximate surface area is 187 Å². The number of halogens is 2. The number of benzene rings is 1. The Balaban J connectivity index is 1.70. The van der Waals surface area contributed by atoms with Crippen LogP contribution < -0.4 is 4.74 Å². The van der Waals surface area contributed by atoms with Crippen LogP contribution in [0.15, 0.2) is 36.8 Å². The number of hydrogen-bond donors (Lipinski definition) is 0. The van der Waals surface area contributed by atoms with Crippen LogP contribution >= 0.6 is 0 Å². The summed E-state index contributed by atoms with van der Waals surface area (Å²) in [6, 6.07) is 5.37. The topological polar surface area (TPSA) is 100 Å². The van der Waals surface area contributed by atoms with Gasteiger partial charge in [0.1, 0.15) is 36.8 Å². The van der Waals surface area contributed by atoms with Crippen LogP contribution in [0.1, 0.15) is 30.7 Å². The van der Waals surface area contributed by atoms with Crippen LogP contribution in [0.4, 0.5) is 8.78 Å². The quantitative estimate of drug-likeness (QED) is 0.306. The number of imidazole rings is 1. The summed E-state index contributed by atoms with van der Waals surface area (Å²) in [6.45, 7) is 6.39. The molecule has 11 heteroatoms. The number of aryl methyl sites for hydroxylation is 2. The molecule has 0 atom stereocenters. The Kier molecular flexibility index (Phi) is 5.56. The van der Waals surface area contributed by atoms with Gasteiger partial charge in [-0.2, -0.15) is 0 Å². The van der Waals surface area contributed by atoms with Gasteiger partial charge in [0.05, 0.1) is 11.3 Å². The molecule has 0 saturated heterocycles. The van der Waals surface area contributed by atoms with E-state index in [2.05, 4.69) is 15.1 Å². The predicted octanol–water partition coefficient (Wildman–Crippen LogP) is 4.12. The third-order valence-electron chi connectivity index (χ3n) is 5.22. The van der Waals surface area contributed by atoms with Gasteiger partial charge in [0, 0.05) is 25.0 Å². The average Bonchev–Trinajstić information content (AvgIpc) is 3.30. The van der Waals surface area contributed by atoms with Gasteiger partial charge < -0.3 is 4.74 Å².